The van der Waals surface area contributed by atoms with Gasteiger partial charge in [-0.25, -0.2) is 0 Å². The standard InChI is InChI=1S/C8H15F3N2/c9-8(10,11)6-13(5-4-12)7-2-1-3-7/h7H,1-6,12H2. The topological polar surface area (TPSA) is 29.3 Å². The number of hydrogen-bond donors (Lipinski definition) is 1. The summed E-state index contributed by atoms with van der Waals surface area (Å²) in [7, 11) is 0. The van der Waals surface area contributed by atoms with Gasteiger partial charge < -0.3 is 5.73 Å². The smallest absolute Gasteiger partial charge is 0.329 e. The number of hydrogen-bond acceptors (Lipinski definition) is 2. The first-order chi connectivity index (χ1) is 6.03. The Morgan fingerprint density at radius 2 is 1.92 bits per heavy atom. The monoisotopic (exact) mass is 196 g/mol. The van der Waals surface area contributed by atoms with Gasteiger partial charge in [-0.15, -0.1) is 0 Å². The minimum Gasteiger partial charge on any atom is -0.329 e. The van der Waals surface area contributed by atoms with Crippen molar-refractivity contribution in [2.45, 2.75) is 31.5 Å². The molecule has 13 heavy (non-hydrogen) atoms. The SMILES string of the molecule is NCCN(CC(F)(F)F)C1CCC1. The minimum absolute atomic E-state index is 0.116. The van der Waals surface area contributed by atoms with Crippen molar-refractivity contribution in [1.82, 2.24) is 4.90 Å². The minimum atomic E-state index is -4.09. The van der Waals surface area contributed by atoms with Gasteiger partial charge in [0.05, 0.1) is 6.54 Å². The maximum Gasteiger partial charge on any atom is 0.401 e. The Kier molecular flexibility index (Phi) is 3.55. The predicted octanol–water partition coefficient (Wildman–Crippen LogP) is 1.36. The number of rotatable bonds is 4. The number of halogens is 3. The summed E-state index contributed by atoms with van der Waals surface area (Å²) in [5.41, 5.74) is 5.26. The summed E-state index contributed by atoms with van der Waals surface area (Å²) in [6, 6.07) is 0.116. The molecule has 0 aromatic rings. The molecule has 0 aromatic carbocycles. The van der Waals surface area contributed by atoms with E-state index in [1.165, 1.54) is 4.90 Å². The van der Waals surface area contributed by atoms with Crippen LogP contribution < -0.4 is 5.73 Å². The molecule has 1 aliphatic rings. The molecule has 0 aliphatic heterocycles. The molecule has 1 rings (SSSR count). The fourth-order valence-electron chi connectivity index (χ4n) is 1.54. The third kappa shape index (κ3) is 3.52. The van der Waals surface area contributed by atoms with Crippen LogP contribution in [-0.4, -0.2) is 36.8 Å². The molecule has 0 atom stereocenters. The average Bonchev–Trinajstić information content (AvgIpc) is 1.79. The fourth-order valence-corrected chi connectivity index (χ4v) is 1.54. The van der Waals surface area contributed by atoms with Crippen LogP contribution in [0.1, 0.15) is 19.3 Å². The van der Waals surface area contributed by atoms with E-state index in [0.717, 1.165) is 19.3 Å². The highest BCUT2D eigenvalue weighted by atomic mass is 19.4. The van der Waals surface area contributed by atoms with E-state index in [1.807, 2.05) is 0 Å². The van der Waals surface area contributed by atoms with Crippen LogP contribution in [0.15, 0.2) is 0 Å². The van der Waals surface area contributed by atoms with Gasteiger partial charge in [-0.3, -0.25) is 4.90 Å². The van der Waals surface area contributed by atoms with Gasteiger partial charge in [0.25, 0.3) is 0 Å². The summed E-state index contributed by atoms with van der Waals surface area (Å²) in [5, 5.41) is 0. The summed E-state index contributed by atoms with van der Waals surface area (Å²) in [6.45, 7) is -0.161. The van der Waals surface area contributed by atoms with Crippen LogP contribution in [0.2, 0.25) is 0 Å². The Balaban J connectivity index is 2.37. The number of nitrogens with zero attached hydrogens (tertiary/aromatic N) is 1. The first-order valence-electron chi connectivity index (χ1n) is 4.54. The van der Waals surface area contributed by atoms with Crippen molar-refractivity contribution >= 4 is 0 Å². The fraction of sp³-hybridized carbons (Fsp3) is 1.00. The lowest BCUT2D eigenvalue weighted by atomic mass is 9.91. The molecule has 2 N–H and O–H groups in total. The Morgan fingerprint density at radius 1 is 1.31 bits per heavy atom. The van der Waals surface area contributed by atoms with Gasteiger partial charge in [0, 0.05) is 19.1 Å². The molecule has 1 aliphatic carbocycles. The molecule has 0 aromatic heterocycles. The van der Waals surface area contributed by atoms with E-state index < -0.39 is 12.7 Å². The first-order valence-corrected chi connectivity index (χ1v) is 4.54. The zero-order valence-electron chi connectivity index (χ0n) is 7.48. The van der Waals surface area contributed by atoms with Crippen molar-refractivity contribution in [2.24, 2.45) is 5.73 Å². The van der Waals surface area contributed by atoms with Crippen LogP contribution >= 0.6 is 0 Å². The Hall–Kier alpha value is -0.290. The summed E-state index contributed by atoms with van der Waals surface area (Å²) in [5.74, 6) is 0. The molecule has 1 fully saturated rings. The van der Waals surface area contributed by atoms with Gasteiger partial charge >= 0.3 is 6.18 Å². The summed E-state index contributed by atoms with van der Waals surface area (Å²) < 4.78 is 36.2. The Labute approximate surface area is 75.9 Å². The molecule has 0 heterocycles. The lowest BCUT2D eigenvalue weighted by molar-refractivity contribution is -0.153. The van der Waals surface area contributed by atoms with Crippen LogP contribution in [0.3, 0.4) is 0 Å². The summed E-state index contributed by atoms with van der Waals surface area (Å²) in [4.78, 5) is 1.45. The normalized spacial score (nSPS) is 19.2. The molecule has 0 saturated heterocycles. The summed E-state index contributed by atoms with van der Waals surface area (Å²) >= 11 is 0. The molecule has 0 bridgehead atoms. The molecule has 0 unspecified atom stereocenters. The second-order valence-electron chi connectivity index (χ2n) is 3.46. The van der Waals surface area contributed by atoms with Crippen molar-refractivity contribution in [3.8, 4) is 0 Å². The highest BCUT2D eigenvalue weighted by Gasteiger charge is 2.35. The van der Waals surface area contributed by atoms with Crippen LogP contribution in [0.5, 0.6) is 0 Å². The van der Waals surface area contributed by atoms with Crippen LogP contribution in [0.25, 0.3) is 0 Å². The lowest BCUT2D eigenvalue weighted by Crippen LogP contribution is -2.47. The third-order valence-corrected chi connectivity index (χ3v) is 2.39. The third-order valence-electron chi connectivity index (χ3n) is 2.39. The number of alkyl halides is 3. The van der Waals surface area contributed by atoms with E-state index in [2.05, 4.69) is 0 Å². The van der Waals surface area contributed by atoms with Crippen molar-refractivity contribution in [2.75, 3.05) is 19.6 Å². The Morgan fingerprint density at radius 3 is 2.23 bits per heavy atom. The molecule has 0 radical (unpaired) electrons. The average molecular weight is 196 g/mol. The molecule has 0 spiro atoms. The maximum absolute atomic E-state index is 12.1. The van der Waals surface area contributed by atoms with Gasteiger partial charge in [0.15, 0.2) is 0 Å². The van der Waals surface area contributed by atoms with E-state index in [9.17, 15) is 13.2 Å². The molecule has 0 amide bonds. The lowest BCUT2D eigenvalue weighted by Gasteiger charge is -2.37. The quantitative estimate of drug-likeness (QED) is 0.735. The second kappa shape index (κ2) is 4.28. The van der Waals surface area contributed by atoms with Gasteiger partial charge in [0.2, 0.25) is 0 Å². The second-order valence-corrected chi connectivity index (χ2v) is 3.46. The first kappa shape index (κ1) is 10.8. The highest BCUT2D eigenvalue weighted by molar-refractivity contribution is 4.81. The zero-order valence-corrected chi connectivity index (χ0v) is 7.48. The van der Waals surface area contributed by atoms with E-state index in [-0.39, 0.29) is 6.04 Å². The van der Waals surface area contributed by atoms with Gasteiger partial charge in [0.1, 0.15) is 0 Å². The van der Waals surface area contributed by atoms with E-state index in [0.29, 0.717) is 13.1 Å². The maximum atomic E-state index is 12.1. The predicted molar refractivity (Wildman–Crippen MR) is 44.3 cm³/mol. The van der Waals surface area contributed by atoms with Crippen LogP contribution in [0, 0.1) is 0 Å². The van der Waals surface area contributed by atoms with Crippen molar-refractivity contribution in [1.29, 1.82) is 0 Å². The molecule has 1 saturated carbocycles. The van der Waals surface area contributed by atoms with Gasteiger partial charge in [-0.05, 0) is 12.8 Å². The van der Waals surface area contributed by atoms with Crippen LogP contribution in [-0.2, 0) is 0 Å². The Bertz CT molecular complexity index is 154. The van der Waals surface area contributed by atoms with Crippen molar-refractivity contribution in [3.05, 3.63) is 0 Å². The van der Waals surface area contributed by atoms with Crippen molar-refractivity contribution < 1.29 is 13.2 Å². The van der Waals surface area contributed by atoms with Crippen LogP contribution in [0.4, 0.5) is 13.2 Å². The van der Waals surface area contributed by atoms with E-state index >= 15 is 0 Å². The van der Waals surface area contributed by atoms with E-state index in [1.54, 1.807) is 0 Å². The molecular weight excluding hydrogens is 181 g/mol. The largest absolute Gasteiger partial charge is 0.401 e. The molecule has 78 valence electrons. The van der Waals surface area contributed by atoms with Gasteiger partial charge in [-0.2, -0.15) is 13.2 Å². The highest BCUT2D eigenvalue weighted by Crippen LogP contribution is 2.27. The van der Waals surface area contributed by atoms with E-state index in [4.69, 9.17) is 5.73 Å². The molecular formula is C8H15F3N2. The zero-order chi connectivity index (χ0) is 9.90. The molecule has 5 heteroatoms. The van der Waals surface area contributed by atoms with Gasteiger partial charge in [-0.1, -0.05) is 6.42 Å². The number of nitrogens with two attached hydrogens (primary N) is 1. The van der Waals surface area contributed by atoms with Crippen molar-refractivity contribution in [3.63, 3.8) is 0 Å². The summed E-state index contributed by atoms with van der Waals surface area (Å²) in [6.07, 6.45) is -1.28. The molecule has 2 nitrogen and oxygen atoms in total.